The minimum absolute atomic E-state index is 0.349. The number of rotatable bonds is 2. The van der Waals surface area contributed by atoms with Crippen LogP contribution < -0.4 is 0 Å². The van der Waals surface area contributed by atoms with Gasteiger partial charge in [0, 0.05) is 7.05 Å². The van der Waals surface area contributed by atoms with Gasteiger partial charge in [-0.25, -0.2) is 4.79 Å². The number of hydrogen-bond donors (Lipinski definition) is 1. The molecule has 6 heteroatoms. The van der Waals surface area contributed by atoms with Crippen molar-refractivity contribution in [2.75, 3.05) is 0 Å². The normalized spacial score (nSPS) is 10.9. The van der Waals surface area contributed by atoms with Gasteiger partial charge in [-0.3, -0.25) is 4.68 Å². The zero-order chi connectivity index (χ0) is 9.84. The van der Waals surface area contributed by atoms with Gasteiger partial charge in [0.1, 0.15) is 17.3 Å². The lowest BCUT2D eigenvalue weighted by Crippen LogP contribution is -1.97. The summed E-state index contributed by atoms with van der Waals surface area (Å²) in [5.74, 6) is -1.27. The van der Waals surface area contributed by atoms with Gasteiger partial charge in [-0.15, -0.1) is 5.10 Å². The second-order valence-corrected chi connectivity index (χ2v) is 2.29. The van der Waals surface area contributed by atoms with Gasteiger partial charge in [0.05, 0.1) is 6.20 Å². The first-order chi connectivity index (χ1) is 6.13. The molecule has 1 rings (SSSR count). The molecule has 0 aromatic carbocycles. The minimum atomic E-state index is -1.27. The van der Waals surface area contributed by atoms with Crippen LogP contribution in [0.2, 0.25) is 0 Å². The van der Waals surface area contributed by atoms with E-state index in [-0.39, 0.29) is 5.57 Å². The topological polar surface area (TPSA) is 91.8 Å². The first kappa shape index (κ1) is 8.93. The average Bonchev–Trinajstić information content (AvgIpc) is 2.46. The summed E-state index contributed by atoms with van der Waals surface area (Å²) in [5.41, 5.74) is -0.0121. The largest absolute Gasteiger partial charge is 0.477 e. The molecule has 13 heavy (non-hydrogen) atoms. The average molecular weight is 178 g/mol. The Morgan fingerprint density at radius 2 is 2.54 bits per heavy atom. The fourth-order valence-corrected chi connectivity index (χ4v) is 0.721. The molecule has 0 amide bonds. The van der Waals surface area contributed by atoms with E-state index in [4.69, 9.17) is 10.4 Å². The summed E-state index contributed by atoms with van der Waals surface area (Å²) in [6.07, 6.45) is 2.68. The number of nitrogens with zero attached hydrogens (tertiary/aromatic N) is 4. The van der Waals surface area contributed by atoms with Gasteiger partial charge in [-0.1, -0.05) is 5.21 Å². The van der Waals surface area contributed by atoms with E-state index in [1.807, 2.05) is 0 Å². The predicted octanol–water partition coefficient (Wildman–Crippen LogP) is -0.193. The number of hydrogen-bond acceptors (Lipinski definition) is 4. The van der Waals surface area contributed by atoms with Gasteiger partial charge in [-0.05, 0) is 6.08 Å². The van der Waals surface area contributed by atoms with Crippen molar-refractivity contribution in [3.8, 4) is 6.07 Å². The lowest BCUT2D eigenvalue weighted by atomic mass is 10.2. The Bertz CT molecular complexity index is 399. The second-order valence-electron chi connectivity index (χ2n) is 2.29. The van der Waals surface area contributed by atoms with Gasteiger partial charge >= 0.3 is 5.97 Å². The van der Waals surface area contributed by atoms with Gasteiger partial charge in [-0.2, -0.15) is 5.26 Å². The van der Waals surface area contributed by atoms with E-state index in [0.717, 1.165) is 6.08 Å². The molecule has 0 atom stereocenters. The highest BCUT2D eigenvalue weighted by Crippen LogP contribution is 2.01. The van der Waals surface area contributed by atoms with E-state index < -0.39 is 5.97 Å². The quantitative estimate of drug-likeness (QED) is 0.500. The van der Waals surface area contributed by atoms with Crippen LogP contribution in [-0.2, 0) is 11.8 Å². The van der Waals surface area contributed by atoms with E-state index in [1.165, 1.54) is 10.9 Å². The molecule has 0 spiro atoms. The van der Waals surface area contributed by atoms with Crippen LogP contribution in [0.5, 0.6) is 0 Å². The van der Waals surface area contributed by atoms with Crippen LogP contribution in [0, 0.1) is 11.3 Å². The van der Waals surface area contributed by atoms with Crippen LogP contribution in [0.25, 0.3) is 6.08 Å². The van der Waals surface area contributed by atoms with E-state index >= 15 is 0 Å². The number of aromatic nitrogens is 3. The molecule has 66 valence electrons. The molecular weight excluding hydrogens is 172 g/mol. The molecule has 0 aliphatic heterocycles. The summed E-state index contributed by atoms with van der Waals surface area (Å²) in [6.45, 7) is 0. The van der Waals surface area contributed by atoms with Crippen LogP contribution in [-0.4, -0.2) is 26.1 Å². The number of carbonyl (C=O) groups is 1. The lowest BCUT2D eigenvalue weighted by Gasteiger charge is -1.85. The van der Waals surface area contributed by atoms with Crippen molar-refractivity contribution in [3.05, 3.63) is 17.5 Å². The Labute approximate surface area is 73.7 Å². The van der Waals surface area contributed by atoms with Crippen LogP contribution in [0.4, 0.5) is 0 Å². The van der Waals surface area contributed by atoms with Crippen molar-refractivity contribution >= 4 is 12.0 Å². The molecule has 0 aliphatic rings. The van der Waals surface area contributed by atoms with Gasteiger partial charge in [0.2, 0.25) is 0 Å². The Hall–Kier alpha value is -2.16. The molecule has 6 nitrogen and oxygen atoms in total. The molecule has 1 N–H and O–H groups in total. The number of carboxylic acids is 1. The van der Waals surface area contributed by atoms with E-state index in [1.54, 1.807) is 13.1 Å². The smallest absolute Gasteiger partial charge is 0.346 e. The molecule has 1 aromatic rings. The highest BCUT2D eigenvalue weighted by atomic mass is 16.4. The number of aryl methyl sites for hydroxylation is 1. The van der Waals surface area contributed by atoms with E-state index in [2.05, 4.69) is 10.3 Å². The molecule has 0 bridgehead atoms. The molecule has 0 saturated carbocycles. The summed E-state index contributed by atoms with van der Waals surface area (Å²) in [4.78, 5) is 10.4. The fraction of sp³-hybridized carbons (Fsp3) is 0.143. The highest BCUT2D eigenvalue weighted by molar-refractivity contribution is 5.96. The number of nitriles is 1. The number of carboxylic acid groups (broad SMARTS) is 1. The molecule has 0 unspecified atom stereocenters. The molecule has 0 radical (unpaired) electrons. The minimum Gasteiger partial charge on any atom is -0.477 e. The zero-order valence-electron chi connectivity index (χ0n) is 6.80. The Balaban J connectivity index is 3.00. The molecule has 0 saturated heterocycles. The summed E-state index contributed by atoms with van der Waals surface area (Å²) in [6, 6.07) is 1.54. The second kappa shape index (κ2) is 3.49. The maximum absolute atomic E-state index is 10.4. The third kappa shape index (κ3) is 2.13. The van der Waals surface area contributed by atoms with Crippen molar-refractivity contribution in [1.29, 1.82) is 5.26 Å². The SMILES string of the molecule is Cn1cc(C=C(C#N)C(=O)O)nn1. The van der Waals surface area contributed by atoms with Crippen LogP contribution in [0.15, 0.2) is 11.8 Å². The summed E-state index contributed by atoms with van der Waals surface area (Å²) < 4.78 is 1.42. The fourth-order valence-electron chi connectivity index (χ4n) is 0.721. The monoisotopic (exact) mass is 178 g/mol. The lowest BCUT2D eigenvalue weighted by molar-refractivity contribution is -0.132. The van der Waals surface area contributed by atoms with Crippen molar-refractivity contribution in [2.24, 2.45) is 7.05 Å². The van der Waals surface area contributed by atoms with Crippen molar-refractivity contribution in [3.63, 3.8) is 0 Å². The maximum Gasteiger partial charge on any atom is 0.346 e. The first-order valence-electron chi connectivity index (χ1n) is 3.35. The molecule has 1 aromatic heterocycles. The number of aliphatic carboxylic acids is 1. The van der Waals surface area contributed by atoms with E-state index in [9.17, 15) is 4.79 Å². The third-order valence-electron chi connectivity index (χ3n) is 1.26. The molecule has 0 fully saturated rings. The maximum atomic E-state index is 10.4. The van der Waals surface area contributed by atoms with Crippen LogP contribution >= 0.6 is 0 Å². The standard InChI is InChI=1S/C7H6N4O2/c1-11-4-6(9-10-11)2-5(3-8)7(12)13/h2,4H,1H3,(H,12,13). The van der Waals surface area contributed by atoms with Gasteiger partial charge < -0.3 is 5.11 Å². The van der Waals surface area contributed by atoms with Crippen molar-refractivity contribution < 1.29 is 9.90 Å². The summed E-state index contributed by atoms with van der Waals surface area (Å²) >= 11 is 0. The Kier molecular flexibility index (Phi) is 2.40. The Morgan fingerprint density at radius 3 is 2.92 bits per heavy atom. The molecule has 0 aliphatic carbocycles. The highest BCUT2D eigenvalue weighted by Gasteiger charge is 2.06. The predicted molar refractivity (Wildman–Crippen MR) is 42.2 cm³/mol. The van der Waals surface area contributed by atoms with Crippen LogP contribution in [0.3, 0.4) is 0 Å². The first-order valence-corrected chi connectivity index (χ1v) is 3.35. The van der Waals surface area contributed by atoms with Crippen LogP contribution in [0.1, 0.15) is 5.69 Å². The van der Waals surface area contributed by atoms with Gasteiger partial charge in [0.25, 0.3) is 0 Å². The summed E-state index contributed by atoms with van der Waals surface area (Å²) in [5, 5.41) is 24.1. The van der Waals surface area contributed by atoms with Crippen molar-refractivity contribution in [1.82, 2.24) is 15.0 Å². The Morgan fingerprint density at radius 1 is 1.85 bits per heavy atom. The third-order valence-corrected chi connectivity index (χ3v) is 1.26. The zero-order valence-corrected chi connectivity index (χ0v) is 6.80. The van der Waals surface area contributed by atoms with Crippen molar-refractivity contribution in [2.45, 2.75) is 0 Å². The molecular formula is C7H6N4O2. The summed E-state index contributed by atoms with van der Waals surface area (Å²) in [7, 11) is 1.65. The van der Waals surface area contributed by atoms with Gasteiger partial charge in [0.15, 0.2) is 0 Å². The molecule has 1 heterocycles. The van der Waals surface area contributed by atoms with E-state index in [0.29, 0.717) is 5.69 Å².